The number of benzene rings is 2. The first-order valence-corrected chi connectivity index (χ1v) is 10.3. The average molecular weight is 422 g/mol. The highest BCUT2D eigenvalue weighted by Crippen LogP contribution is 2.44. The lowest BCUT2D eigenvalue weighted by Gasteiger charge is -2.30. The van der Waals surface area contributed by atoms with Crippen molar-refractivity contribution < 1.29 is 19.1 Å². The van der Waals surface area contributed by atoms with Gasteiger partial charge in [0.25, 0.3) is 0 Å². The number of carbonyl (C=O) groups excluding carboxylic acids is 2. The van der Waals surface area contributed by atoms with E-state index in [-0.39, 0.29) is 11.8 Å². The molecule has 0 fully saturated rings. The van der Waals surface area contributed by atoms with Crippen LogP contribution in [0.1, 0.15) is 25.6 Å². The van der Waals surface area contributed by atoms with Crippen molar-refractivity contribution in [2.24, 2.45) is 0 Å². The number of rotatable bonds is 3. The maximum absolute atomic E-state index is 12.8. The van der Waals surface area contributed by atoms with E-state index in [9.17, 15) is 9.59 Å². The number of hydrogen-bond donors (Lipinski definition) is 0. The fourth-order valence-corrected chi connectivity index (χ4v) is 3.57. The zero-order valence-corrected chi connectivity index (χ0v) is 17.3. The molecule has 3 aromatic rings. The summed E-state index contributed by atoms with van der Waals surface area (Å²) in [5, 5.41) is 8.87. The lowest BCUT2D eigenvalue weighted by atomic mass is 10.1. The lowest BCUT2D eigenvalue weighted by molar-refractivity contribution is -0.132. The molecule has 152 valence electrons. The molecular weight excluding hydrogens is 404 g/mol. The Morgan fingerprint density at radius 3 is 2.53 bits per heavy atom. The van der Waals surface area contributed by atoms with Gasteiger partial charge in [-0.3, -0.25) is 14.5 Å². The highest BCUT2D eigenvalue weighted by atomic mass is 32.2. The summed E-state index contributed by atoms with van der Waals surface area (Å²) in [6.07, 6.45) is 0.913. The van der Waals surface area contributed by atoms with E-state index in [1.54, 1.807) is 30.3 Å². The summed E-state index contributed by atoms with van der Waals surface area (Å²) < 4.78 is 11.6. The molecule has 4 rings (SSSR count). The van der Waals surface area contributed by atoms with E-state index < -0.39 is 12.2 Å². The van der Waals surface area contributed by atoms with Crippen molar-refractivity contribution in [1.82, 2.24) is 15.2 Å². The number of amides is 1. The summed E-state index contributed by atoms with van der Waals surface area (Å²) in [5.41, 5.74) is 2.21. The third-order valence-corrected chi connectivity index (χ3v) is 5.01. The fraction of sp³-hybridized carbons (Fsp3) is 0.190. The van der Waals surface area contributed by atoms with Crippen LogP contribution in [0.4, 0.5) is 5.69 Å². The van der Waals surface area contributed by atoms with Crippen LogP contribution < -0.4 is 14.4 Å². The standard InChI is InChI=1S/C21H18N4O4S/c1-12(26)25-16-10-6-4-8-14(16)18-19(22-21(30-3)24-23-18)29-20(25)15-9-5-7-11-17(15)28-13(2)27/h4-11,20H,1-3H3/t20-/m0/s1. The molecular formula is C21H18N4O4S. The van der Waals surface area contributed by atoms with Gasteiger partial charge in [-0.15, -0.1) is 10.2 Å². The second-order valence-electron chi connectivity index (χ2n) is 6.46. The fourth-order valence-electron chi connectivity index (χ4n) is 3.27. The van der Waals surface area contributed by atoms with Gasteiger partial charge in [-0.2, -0.15) is 4.98 Å². The van der Waals surface area contributed by atoms with Gasteiger partial charge in [0, 0.05) is 19.4 Å². The van der Waals surface area contributed by atoms with Crippen LogP contribution in [0.25, 0.3) is 11.3 Å². The molecule has 30 heavy (non-hydrogen) atoms. The molecule has 2 aromatic carbocycles. The molecule has 1 aliphatic rings. The Morgan fingerprint density at radius 1 is 1.07 bits per heavy atom. The normalized spacial score (nSPS) is 14.8. The number of aromatic nitrogens is 3. The van der Waals surface area contributed by atoms with Crippen LogP contribution in [0.3, 0.4) is 0 Å². The van der Waals surface area contributed by atoms with Crippen molar-refractivity contribution in [1.29, 1.82) is 0 Å². The number of anilines is 1. The second-order valence-corrected chi connectivity index (χ2v) is 7.23. The number of ether oxygens (including phenoxy) is 2. The molecule has 9 heteroatoms. The monoisotopic (exact) mass is 422 g/mol. The Morgan fingerprint density at radius 2 is 1.80 bits per heavy atom. The minimum atomic E-state index is -0.924. The van der Waals surface area contributed by atoms with Crippen molar-refractivity contribution in [2.75, 3.05) is 11.2 Å². The van der Waals surface area contributed by atoms with E-state index in [4.69, 9.17) is 9.47 Å². The van der Waals surface area contributed by atoms with E-state index >= 15 is 0 Å². The van der Waals surface area contributed by atoms with Crippen LogP contribution in [-0.4, -0.2) is 33.3 Å². The molecule has 1 aliphatic heterocycles. The average Bonchev–Trinajstić information content (AvgIpc) is 2.87. The van der Waals surface area contributed by atoms with Crippen LogP contribution in [0.2, 0.25) is 0 Å². The topological polar surface area (TPSA) is 94.5 Å². The summed E-state index contributed by atoms with van der Waals surface area (Å²) in [4.78, 5) is 30.4. The SMILES string of the molecule is CSc1nnc2c(n1)O[C@@H](c1ccccc1OC(C)=O)N(C(C)=O)c1ccccc1-2. The van der Waals surface area contributed by atoms with Gasteiger partial charge in [0.15, 0.2) is 5.69 Å². The minimum Gasteiger partial charge on any atom is -0.447 e. The van der Waals surface area contributed by atoms with Crippen molar-refractivity contribution >= 4 is 29.3 Å². The molecule has 0 bridgehead atoms. The van der Waals surface area contributed by atoms with Crippen LogP contribution in [0.5, 0.6) is 11.6 Å². The van der Waals surface area contributed by atoms with Gasteiger partial charge < -0.3 is 9.47 Å². The summed E-state index contributed by atoms with van der Waals surface area (Å²) in [6, 6.07) is 14.2. The summed E-state index contributed by atoms with van der Waals surface area (Å²) in [7, 11) is 0. The van der Waals surface area contributed by atoms with E-state index in [1.165, 1.54) is 30.5 Å². The number of para-hydroxylation sites is 2. The highest BCUT2D eigenvalue weighted by Gasteiger charge is 2.36. The van der Waals surface area contributed by atoms with Gasteiger partial charge in [0.1, 0.15) is 5.75 Å². The van der Waals surface area contributed by atoms with E-state index in [2.05, 4.69) is 15.2 Å². The lowest BCUT2D eigenvalue weighted by Crippen LogP contribution is -2.36. The number of fused-ring (bicyclic) bond motifs is 3. The van der Waals surface area contributed by atoms with E-state index in [1.807, 2.05) is 24.5 Å². The maximum Gasteiger partial charge on any atom is 0.308 e. The largest absolute Gasteiger partial charge is 0.447 e. The minimum absolute atomic E-state index is 0.244. The second kappa shape index (κ2) is 8.11. The molecule has 0 aliphatic carbocycles. The van der Waals surface area contributed by atoms with Crippen molar-refractivity contribution in [3.8, 4) is 22.9 Å². The highest BCUT2D eigenvalue weighted by molar-refractivity contribution is 7.98. The Hall–Kier alpha value is -3.46. The van der Waals surface area contributed by atoms with Gasteiger partial charge >= 0.3 is 5.97 Å². The Bertz CT molecular complexity index is 1140. The quantitative estimate of drug-likeness (QED) is 0.359. The number of esters is 1. The van der Waals surface area contributed by atoms with Crippen LogP contribution in [0.15, 0.2) is 53.7 Å². The third-order valence-electron chi connectivity index (χ3n) is 4.47. The molecule has 1 aromatic heterocycles. The first kappa shape index (κ1) is 19.8. The van der Waals surface area contributed by atoms with Gasteiger partial charge in [0.2, 0.25) is 23.2 Å². The number of nitrogens with zero attached hydrogens (tertiary/aromatic N) is 4. The van der Waals surface area contributed by atoms with Crippen LogP contribution >= 0.6 is 11.8 Å². The Kier molecular flexibility index (Phi) is 5.37. The molecule has 0 unspecified atom stereocenters. The Balaban J connectivity index is 1.97. The third kappa shape index (κ3) is 3.59. The first-order chi connectivity index (χ1) is 14.5. The number of carbonyl (C=O) groups is 2. The molecule has 0 spiro atoms. The molecule has 8 nitrogen and oxygen atoms in total. The Labute approximate surface area is 177 Å². The van der Waals surface area contributed by atoms with Crippen LogP contribution in [0, 0.1) is 0 Å². The predicted molar refractivity (Wildman–Crippen MR) is 111 cm³/mol. The van der Waals surface area contributed by atoms with E-state index in [0.717, 1.165) is 0 Å². The molecule has 0 N–H and O–H groups in total. The zero-order valence-electron chi connectivity index (χ0n) is 16.5. The van der Waals surface area contributed by atoms with Gasteiger partial charge in [-0.1, -0.05) is 42.1 Å². The number of hydrogen-bond acceptors (Lipinski definition) is 8. The molecule has 0 saturated heterocycles. The van der Waals surface area contributed by atoms with Crippen molar-refractivity contribution in [2.45, 2.75) is 25.2 Å². The first-order valence-electron chi connectivity index (χ1n) is 9.11. The van der Waals surface area contributed by atoms with Crippen LogP contribution in [-0.2, 0) is 9.59 Å². The van der Waals surface area contributed by atoms with Gasteiger partial charge in [-0.25, -0.2) is 0 Å². The molecule has 1 atom stereocenters. The zero-order chi connectivity index (χ0) is 21.3. The van der Waals surface area contributed by atoms with Crippen molar-refractivity contribution in [3.63, 3.8) is 0 Å². The van der Waals surface area contributed by atoms with Gasteiger partial charge in [-0.05, 0) is 24.5 Å². The molecule has 1 amide bonds. The maximum atomic E-state index is 12.8. The smallest absolute Gasteiger partial charge is 0.308 e. The summed E-state index contributed by atoms with van der Waals surface area (Å²) in [6.45, 7) is 2.77. The summed E-state index contributed by atoms with van der Waals surface area (Å²) in [5.74, 6) is -0.182. The molecule has 0 radical (unpaired) electrons. The predicted octanol–water partition coefficient (Wildman–Crippen LogP) is 3.63. The number of thioether (sulfide) groups is 1. The molecule has 2 heterocycles. The van der Waals surface area contributed by atoms with Crippen molar-refractivity contribution in [3.05, 3.63) is 54.1 Å². The molecule has 0 saturated carbocycles. The van der Waals surface area contributed by atoms with E-state index in [0.29, 0.717) is 33.4 Å². The summed E-state index contributed by atoms with van der Waals surface area (Å²) >= 11 is 1.33. The van der Waals surface area contributed by atoms with Gasteiger partial charge in [0.05, 0.1) is 11.3 Å².